The summed E-state index contributed by atoms with van der Waals surface area (Å²) in [6.45, 7) is 7.89. The van der Waals surface area contributed by atoms with Gasteiger partial charge in [0.15, 0.2) is 0 Å². The molecule has 0 radical (unpaired) electrons. The predicted molar refractivity (Wildman–Crippen MR) is 135 cm³/mol. The zero-order chi connectivity index (χ0) is 24.5. The first-order chi connectivity index (χ1) is 16.1. The molecule has 2 aliphatic heterocycles. The number of aryl methyl sites for hydroxylation is 1. The molecule has 1 fully saturated rings. The van der Waals surface area contributed by atoms with Crippen molar-refractivity contribution in [2.45, 2.75) is 44.9 Å². The second-order valence-corrected chi connectivity index (χ2v) is 12.8. The molecule has 0 atom stereocenters. The molecule has 8 nitrogen and oxygen atoms in total. The highest BCUT2D eigenvalue weighted by Gasteiger charge is 2.36. The van der Waals surface area contributed by atoms with Gasteiger partial charge in [-0.3, -0.25) is 13.3 Å². The molecule has 2 heterocycles. The number of anilines is 3. The summed E-state index contributed by atoms with van der Waals surface area (Å²) in [5.74, 6) is 0.302. The quantitative estimate of drug-likeness (QED) is 0.583. The summed E-state index contributed by atoms with van der Waals surface area (Å²) < 4.78 is 63.8. The van der Waals surface area contributed by atoms with Crippen molar-refractivity contribution in [2.75, 3.05) is 39.6 Å². The van der Waals surface area contributed by atoms with Crippen molar-refractivity contribution in [3.05, 3.63) is 48.0 Å². The van der Waals surface area contributed by atoms with Crippen LogP contribution < -0.4 is 13.3 Å². The van der Waals surface area contributed by atoms with E-state index in [2.05, 4.69) is 11.6 Å². The van der Waals surface area contributed by atoms with Crippen LogP contribution in [0.4, 0.5) is 17.1 Å². The van der Waals surface area contributed by atoms with E-state index in [1.54, 1.807) is 6.07 Å². The molecule has 2 aromatic rings. The van der Waals surface area contributed by atoms with E-state index in [1.807, 2.05) is 38.1 Å². The van der Waals surface area contributed by atoms with E-state index in [4.69, 9.17) is 4.74 Å². The summed E-state index contributed by atoms with van der Waals surface area (Å²) in [6.07, 6.45) is 2.47. The van der Waals surface area contributed by atoms with Crippen LogP contribution in [0, 0.1) is 11.8 Å². The molecule has 2 aromatic carbocycles. The van der Waals surface area contributed by atoms with Gasteiger partial charge < -0.3 is 4.74 Å². The number of nitrogens with zero attached hydrogens (tertiary/aromatic N) is 2. The molecule has 10 heteroatoms. The van der Waals surface area contributed by atoms with E-state index < -0.39 is 20.2 Å². The molecular weight excluding hydrogens is 474 g/mol. The maximum Gasteiger partial charge on any atom is 0.324 e. The smallest absolute Gasteiger partial charge is 0.324 e. The average molecular weight is 508 g/mol. The minimum atomic E-state index is -3.91. The lowest BCUT2D eigenvalue weighted by Gasteiger charge is -2.27. The zero-order valence-corrected chi connectivity index (χ0v) is 21.5. The molecule has 0 spiro atoms. The third kappa shape index (κ3) is 5.04. The molecule has 0 aromatic heterocycles. The molecule has 1 N–H and O–H groups in total. The molecule has 0 unspecified atom stereocenters. The Bertz CT molecular complexity index is 1220. The van der Waals surface area contributed by atoms with Crippen molar-refractivity contribution in [1.82, 2.24) is 0 Å². The van der Waals surface area contributed by atoms with E-state index >= 15 is 0 Å². The highest BCUT2D eigenvalue weighted by Crippen LogP contribution is 2.39. The Hall–Kier alpha value is -2.30. The lowest BCUT2D eigenvalue weighted by atomic mass is 10.0. The van der Waals surface area contributed by atoms with Gasteiger partial charge in [0, 0.05) is 26.3 Å². The van der Waals surface area contributed by atoms with Crippen molar-refractivity contribution in [3.63, 3.8) is 0 Å². The van der Waals surface area contributed by atoms with Crippen molar-refractivity contribution in [3.8, 4) is 0 Å². The molecule has 2 aliphatic rings. The van der Waals surface area contributed by atoms with Crippen molar-refractivity contribution >= 4 is 37.3 Å². The first-order valence-corrected chi connectivity index (χ1v) is 14.6. The fourth-order valence-corrected chi connectivity index (χ4v) is 7.39. The number of rotatable bonds is 8. The number of hydrogen-bond acceptors (Lipinski definition) is 5. The number of nitrogens with one attached hydrogen (secondary N) is 1. The number of hydrogen-bond donors (Lipinski definition) is 1. The monoisotopic (exact) mass is 507 g/mol. The van der Waals surface area contributed by atoms with Crippen LogP contribution in [0.5, 0.6) is 0 Å². The Morgan fingerprint density at radius 1 is 1.12 bits per heavy atom. The van der Waals surface area contributed by atoms with Crippen LogP contribution in [0.15, 0.2) is 47.4 Å². The topological polar surface area (TPSA) is 96.0 Å². The van der Waals surface area contributed by atoms with E-state index in [1.165, 1.54) is 20.7 Å². The fraction of sp³-hybridized carbons (Fsp3) is 0.500. The van der Waals surface area contributed by atoms with Gasteiger partial charge >= 0.3 is 10.2 Å². The Balaban J connectivity index is 1.67. The molecule has 34 heavy (non-hydrogen) atoms. The first kappa shape index (κ1) is 24.8. The van der Waals surface area contributed by atoms with Crippen LogP contribution in [-0.4, -0.2) is 43.1 Å². The number of benzene rings is 2. The van der Waals surface area contributed by atoms with E-state index in [-0.39, 0.29) is 16.7 Å². The molecule has 0 amide bonds. The standard InChI is InChI=1S/C24H33N3O5S2/c1-4-19-5-7-21(8-6-19)26(16-18(2)3)33(28,29)22-9-10-24-23(15-22)25-34(30,31)27(24)17-20-11-13-32-14-12-20/h5-10,15,18,20,25H,4,11-14,16-17H2,1-3H3. The van der Waals surface area contributed by atoms with Crippen molar-refractivity contribution < 1.29 is 21.6 Å². The van der Waals surface area contributed by atoms with Gasteiger partial charge in [-0.25, -0.2) is 8.42 Å². The second-order valence-electron chi connectivity index (χ2n) is 9.32. The van der Waals surface area contributed by atoms with Gasteiger partial charge in [-0.1, -0.05) is 32.9 Å². The van der Waals surface area contributed by atoms with E-state index in [0.29, 0.717) is 43.4 Å². The van der Waals surface area contributed by atoms with Gasteiger partial charge in [0.2, 0.25) is 0 Å². The SMILES string of the molecule is CCc1ccc(N(CC(C)C)S(=O)(=O)c2ccc3c(c2)NS(=O)(=O)N3CC2CCOCC2)cc1. The minimum Gasteiger partial charge on any atom is -0.381 e. The third-order valence-electron chi connectivity index (χ3n) is 6.28. The van der Waals surface area contributed by atoms with Crippen molar-refractivity contribution in [2.24, 2.45) is 11.8 Å². The van der Waals surface area contributed by atoms with E-state index in [0.717, 1.165) is 24.8 Å². The lowest BCUT2D eigenvalue weighted by Crippen LogP contribution is -2.36. The van der Waals surface area contributed by atoms with Crippen LogP contribution in [0.1, 0.15) is 39.2 Å². The van der Waals surface area contributed by atoms with Gasteiger partial charge in [0.1, 0.15) is 0 Å². The van der Waals surface area contributed by atoms with Crippen molar-refractivity contribution in [1.29, 1.82) is 0 Å². The van der Waals surface area contributed by atoms with Crippen LogP contribution in [0.3, 0.4) is 0 Å². The molecule has 186 valence electrons. The zero-order valence-electron chi connectivity index (χ0n) is 19.9. The van der Waals surface area contributed by atoms with Gasteiger partial charge in [-0.05, 0) is 67.0 Å². The highest BCUT2D eigenvalue weighted by molar-refractivity contribution is 7.94. The number of ether oxygens (including phenoxy) is 1. The molecule has 4 rings (SSSR count). The summed E-state index contributed by atoms with van der Waals surface area (Å²) in [6, 6.07) is 12.0. The average Bonchev–Trinajstić information content (AvgIpc) is 3.06. The maximum atomic E-state index is 13.7. The van der Waals surface area contributed by atoms with Crippen LogP contribution >= 0.6 is 0 Å². The molecular formula is C24H33N3O5S2. The second kappa shape index (κ2) is 9.75. The summed E-state index contributed by atoms with van der Waals surface area (Å²) in [5, 5.41) is 0. The summed E-state index contributed by atoms with van der Waals surface area (Å²) in [7, 11) is -7.68. The highest BCUT2D eigenvalue weighted by atomic mass is 32.2. The van der Waals surface area contributed by atoms with Crippen LogP contribution in [0.25, 0.3) is 0 Å². The Morgan fingerprint density at radius 3 is 2.41 bits per heavy atom. The molecule has 1 saturated heterocycles. The largest absolute Gasteiger partial charge is 0.381 e. The Kier molecular flexibility index (Phi) is 7.12. The van der Waals surface area contributed by atoms with Gasteiger partial charge in [-0.2, -0.15) is 8.42 Å². The normalized spacial score (nSPS) is 18.1. The summed E-state index contributed by atoms with van der Waals surface area (Å²) >= 11 is 0. The van der Waals surface area contributed by atoms with Crippen LogP contribution in [0.2, 0.25) is 0 Å². The summed E-state index contributed by atoms with van der Waals surface area (Å²) in [4.78, 5) is 0.0575. The first-order valence-electron chi connectivity index (χ1n) is 11.8. The van der Waals surface area contributed by atoms with Gasteiger partial charge in [-0.15, -0.1) is 0 Å². The Morgan fingerprint density at radius 2 is 1.79 bits per heavy atom. The number of sulfonamides is 1. The minimum absolute atomic E-state index is 0.0575. The Labute approximate surface area is 203 Å². The third-order valence-corrected chi connectivity index (χ3v) is 9.48. The van der Waals surface area contributed by atoms with E-state index in [9.17, 15) is 16.8 Å². The molecule has 0 aliphatic carbocycles. The van der Waals surface area contributed by atoms with Crippen LogP contribution in [-0.2, 0) is 31.4 Å². The molecule has 0 bridgehead atoms. The van der Waals surface area contributed by atoms with Gasteiger partial charge in [0.25, 0.3) is 10.0 Å². The fourth-order valence-electron chi connectivity index (χ4n) is 4.36. The molecule has 0 saturated carbocycles. The predicted octanol–water partition coefficient (Wildman–Crippen LogP) is 4.00. The lowest BCUT2D eigenvalue weighted by molar-refractivity contribution is 0.0691. The maximum absolute atomic E-state index is 13.7. The van der Waals surface area contributed by atoms with Gasteiger partial charge in [0.05, 0.1) is 22.0 Å². The summed E-state index contributed by atoms with van der Waals surface area (Å²) in [5.41, 5.74) is 2.49. The number of fused-ring (bicyclic) bond motifs is 1.